The molecule has 1 spiro atoms. The zero-order valence-corrected chi connectivity index (χ0v) is 46.4. The second kappa shape index (κ2) is 22.4. The van der Waals surface area contributed by atoms with Gasteiger partial charge in [-0.15, -0.1) is 0 Å². The SMILES string of the molecule is CCC[C@@H]1OC[C@@]23CC[C@](C)(CO)C[C@H]2C2=CC[C@@H]4[C@@]5(C)CC[C@H](O[C@@H]6OC[C@@H](O[C@@H]7O[C@H](CO)[C@@H](O)[C@H](O)[C@@H]7O[C@@H]7OC[C@@H](O)[C@H](O)[C@H]7O)[C@H](O)[C@H]6O[C@@H]6O[C@H](CO)[C@@H](O)[C@@H](O)[C@@H]6O)C(C)(C)[C@H]5CC[C@@]4(C)[C@@]2(C)C[C@H]3O1. The number of hydrogen-bond acceptors (Lipinski definition) is 22. The molecule has 10 rings (SSSR count). The van der Waals surface area contributed by atoms with E-state index >= 15 is 0 Å². The number of aliphatic hydroxyl groups is 12. The molecule has 0 bridgehead atoms. The summed E-state index contributed by atoms with van der Waals surface area (Å²) in [5.74, 6) is 0.697. The smallest absolute Gasteiger partial charge is 0.187 e. The Morgan fingerprint density at radius 2 is 1.24 bits per heavy atom. The second-order valence-electron chi connectivity index (χ2n) is 26.8. The highest BCUT2D eigenvalue weighted by molar-refractivity contribution is 5.35. The summed E-state index contributed by atoms with van der Waals surface area (Å²) >= 11 is 0. The molecule has 22 nitrogen and oxygen atoms in total. The summed E-state index contributed by atoms with van der Waals surface area (Å²) in [6, 6.07) is 0. The average Bonchev–Trinajstić information content (AvgIpc) is 3.41. The Hall–Kier alpha value is -1.14. The van der Waals surface area contributed by atoms with Gasteiger partial charge in [-0.05, 0) is 109 Å². The third-order valence-corrected chi connectivity index (χ3v) is 22.1. The van der Waals surface area contributed by atoms with Crippen molar-refractivity contribution in [3.8, 4) is 0 Å². The van der Waals surface area contributed by atoms with Gasteiger partial charge in [0.1, 0.15) is 85.5 Å². The molecule has 12 N–H and O–H groups in total. The van der Waals surface area contributed by atoms with Gasteiger partial charge < -0.3 is 109 Å². The number of ether oxygens (including phenoxy) is 10. The van der Waals surface area contributed by atoms with E-state index in [1.165, 1.54) is 5.57 Å². The lowest BCUT2D eigenvalue weighted by Gasteiger charge is -2.73. The number of fused-ring (bicyclic) bond motifs is 6. The molecule has 4 saturated carbocycles. The molecule has 0 aromatic heterocycles. The average molecular weight is 1120 g/mol. The van der Waals surface area contributed by atoms with Crippen LogP contribution in [0.15, 0.2) is 11.6 Å². The lowest BCUT2D eigenvalue weighted by Crippen LogP contribution is -2.69. The summed E-state index contributed by atoms with van der Waals surface area (Å²) in [6.07, 6.45) is -18.1. The molecule has 0 radical (unpaired) electrons. The largest absolute Gasteiger partial charge is 0.396 e. The van der Waals surface area contributed by atoms with E-state index in [2.05, 4.69) is 54.5 Å². The minimum atomic E-state index is -1.88. The van der Waals surface area contributed by atoms with Gasteiger partial charge in [0, 0.05) is 12.0 Å². The maximum Gasteiger partial charge on any atom is 0.187 e. The van der Waals surface area contributed by atoms with E-state index in [0.29, 0.717) is 18.9 Å². The quantitative estimate of drug-likeness (QED) is 0.0843. The number of aliphatic hydroxyl groups excluding tert-OH is 12. The topological polar surface area (TPSA) is 335 Å². The van der Waals surface area contributed by atoms with E-state index in [0.717, 1.165) is 64.2 Å². The Balaban J connectivity index is 0.909. The van der Waals surface area contributed by atoms with Gasteiger partial charge in [-0.2, -0.15) is 0 Å². The van der Waals surface area contributed by atoms with Gasteiger partial charge in [0.15, 0.2) is 31.5 Å². The van der Waals surface area contributed by atoms with Crippen molar-refractivity contribution in [1.29, 1.82) is 0 Å². The van der Waals surface area contributed by atoms with Crippen molar-refractivity contribution in [1.82, 2.24) is 0 Å². The van der Waals surface area contributed by atoms with Gasteiger partial charge in [-0.1, -0.05) is 66.5 Å². The third-order valence-electron chi connectivity index (χ3n) is 22.1. The first kappa shape index (κ1) is 60.0. The number of allylic oxidation sites excluding steroid dienone is 2. The fourth-order valence-corrected chi connectivity index (χ4v) is 17.1. The predicted octanol–water partition coefficient (Wildman–Crippen LogP) is -0.152. The van der Waals surface area contributed by atoms with Crippen molar-refractivity contribution in [2.75, 3.05) is 39.6 Å². The Labute approximate surface area is 457 Å². The molecule has 5 aliphatic heterocycles. The molecule has 0 aromatic carbocycles. The molecule has 5 aliphatic carbocycles. The molecule has 9 fully saturated rings. The first-order valence-corrected chi connectivity index (χ1v) is 28.9. The normalized spacial score (nSPS) is 55.1. The molecule has 448 valence electrons. The molecule has 29 atom stereocenters. The summed E-state index contributed by atoms with van der Waals surface area (Å²) in [5.41, 5.74) is 0.293. The number of hydrogen-bond donors (Lipinski definition) is 12. The van der Waals surface area contributed by atoms with Crippen molar-refractivity contribution in [2.24, 2.45) is 50.2 Å². The van der Waals surface area contributed by atoms with E-state index < -0.39 is 149 Å². The van der Waals surface area contributed by atoms with E-state index in [1.807, 2.05) is 0 Å². The van der Waals surface area contributed by atoms with Gasteiger partial charge in [0.2, 0.25) is 0 Å². The van der Waals surface area contributed by atoms with Gasteiger partial charge in [-0.25, -0.2) is 0 Å². The summed E-state index contributed by atoms with van der Waals surface area (Å²) in [6.45, 7) is 14.7. The Kier molecular flexibility index (Phi) is 17.2. The van der Waals surface area contributed by atoms with Crippen molar-refractivity contribution >= 4 is 0 Å². The standard InChI is InChI=1S/C56H92O22/c1-8-9-36-71-25-56-17-16-52(4,24-59)18-27(56)26-10-11-33-53(5)14-13-34(51(2,3)32(53)12-15-54(33,6)55(26,7)19-35(56)75-36)76-49-45(78-48-44(68)41(65)38(62)29(20-57)72-48)40(64)31(23-70-49)74-50-46(42(66)39(63)30(21-58)73-50)77-47-43(67)37(61)28(60)22-69-47/h10,27-50,57-68H,8-9,11-25H2,1-7H3/t27-,28+,29+,30+,31+,32+,33+,34-,35+,36+,37-,38+,39+,40-,41+,42-,43+,44-,45+,46-,47-,48-,49-,50-,52-,53-,54+,55-,56-/m0/s1. The van der Waals surface area contributed by atoms with Gasteiger partial charge in [0.05, 0.1) is 45.2 Å². The summed E-state index contributed by atoms with van der Waals surface area (Å²) in [4.78, 5) is 0. The monoisotopic (exact) mass is 1120 g/mol. The van der Waals surface area contributed by atoms with Crippen molar-refractivity contribution in [3.63, 3.8) is 0 Å². The summed E-state index contributed by atoms with van der Waals surface area (Å²) in [7, 11) is 0. The Morgan fingerprint density at radius 1 is 0.590 bits per heavy atom. The van der Waals surface area contributed by atoms with Crippen LogP contribution in [0.25, 0.3) is 0 Å². The first-order chi connectivity index (χ1) is 36.8. The van der Waals surface area contributed by atoms with Crippen molar-refractivity contribution in [2.45, 2.75) is 248 Å². The summed E-state index contributed by atoms with van der Waals surface area (Å²) < 4.78 is 62.6. The van der Waals surface area contributed by atoms with Crippen LogP contribution in [0.2, 0.25) is 0 Å². The minimum absolute atomic E-state index is 0.0340. The highest BCUT2D eigenvalue weighted by Crippen LogP contribution is 2.76. The van der Waals surface area contributed by atoms with E-state index in [-0.39, 0.29) is 57.9 Å². The fourth-order valence-electron chi connectivity index (χ4n) is 17.1. The molecule has 10 aliphatic rings. The zero-order chi connectivity index (χ0) is 56.2. The molecule has 78 heavy (non-hydrogen) atoms. The van der Waals surface area contributed by atoms with Gasteiger partial charge in [-0.3, -0.25) is 0 Å². The third kappa shape index (κ3) is 9.83. The molecule has 0 amide bonds. The van der Waals surface area contributed by atoms with Crippen LogP contribution in [-0.4, -0.2) is 230 Å². The molecule has 0 unspecified atom stereocenters. The van der Waals surface area contributed by atoms with E-state index in [1.54, 1.807) is 0 Å². The van der Waals surface area contributed by atoms with Crippen LogP contribution in [0.5, 0.6) is 0 Å². The van der Waals surface area contributed by atoms with E-state index in [9.17, 15) is 61.3 Å². The van der Waals surface area contributed by atoms with Gasteiger partial charge in [0.25, 0.3) is 0 Å². The van der Waals surface area contributed by atoms with Crippen LogP contribution in [0.3, 0.4) is 0 Å². The Morgan fingerprint density at radius 3 is 1.94 bits per heavy atom. The molecule has 0 aromatic rings. The molecular weight excluding hydrogens is 1020 g/mol. The van der Waals surface area contributed by atoms with Crippen molar-refractivity contribution in [3.05, 3.63) is 11.6 Å². The van der Waals surface area contributed by atoms with Crippen LogP contribution in [0, 0.1) is 50.2 Å². The van der Waals surface area contributed by atoms with Crippen LogP contribution < -0.4 is 0 Å². The van der Waals surface area contributed by atoms with Crippen LogP contribution in [-0.2, 0) is 47.4 Å². The maximum absolute atomic E-state index is 12.4. The molecule has 5 heterocycles. The predicted molar refractivity (Wildman–Crippen MR) is 270 cm³/mol. The molecular formula is C56H92O22. The number of rotatable bonds is 13. The summed E-state index contributed by atoms with van der Waals surface area (Å²) in [5, 5.41) is 129. The van der Waals surface area contributed by atoms with E-state index in [4.69, 9.17) is 47.4 Å². The Bertz CT molecular complexity index is 2100. The highest BCUT2D eigenvalue weighted by atomic mass is 16.8. The zero-order valence-electron chi connectivity index (χ0n) is 46.4. The van der Waals surface area contributed by atoms with Gasteiger partial charge >= 0.3 is 0 Å². The highest BCUT2D eigenvalue weighted by Gasteiger charge is 2.71. The fraction of sp³-hybridized carbons (Fsp3) is 0.964. The van der Waals surface area contributed by atoms with Crippen LogP contribution in [0.1, 0.15) is 119 Å². The molecule has 5 saturated heterocycles. The lowest BCUT2D eigenvalue weighted by atomic mass is 9.33. The van der Waals surface area contributed by atoms with Crippen molar-refractivity contribution < 1.29 is 109 Å². The van der Waals surface area contributed by atoms with Crippen LogP contribution >= 0.6 is 0 Å². The maximum atomic E-state index is 12.4. The first-order valence-electron chi connectivity index (χ1n) is 28.9. The van der Waals surface area contributed by atoms with Crippen LogP contribution in [0.4, 0.5) is 0 Å². The second-order valence-corrected chi connectivity index (χ2v) is 26.8. The lowest BCUT2D eigenvalue weighted by molar-refractivity contribution is -0.392. The minimum Gasteiger partial charge on any atom is -0.396 e. The molecule has 22 heteroatoms.